The second-order valence-electron chi connectivity index (χ2n) is 8.14. The van der Waals surface area contributed by atoms with Gasteiger partial charge in [-0.25, -0.2) is 0 Å². The molecule has 0 saturated carbocycles. The Kier molecular flexibility index (Phi) is 6.93. The fraction of sp³-hybridized carbons (Fsp3) is 0.667. The van der Waals surface area contributed by atoms with Crippen LogP contribution in [0.5, 0.6) is 0 Å². The van der Waals surface area contributed by atoms with Gasteiger partial charge in [-0.05, 0) is 63.1 Å². The minimum absolute atomic E-state index is 0. The molecule has 0 radical (unpaired) electrons. The maximum Gasteiger partial charge on any atom is 0.313 e. The summed E-state index contributed by atoms with van der Waals surface area (Å²) in [6, 6.07) is 9.67. The number of hydrogen-bond donors (Lipinski definition) is 0. The first kappa shape index (κ1) is 20.3. The molecule has 2 bridgehead atoms. The molecule has 3 nitrogen and oxygen atoms in total. The first-order valence-electron chi connectivity index (χ1n) is 9.45. The van der Waals surface area contributed by atoms with Gasteiger partial charge >= 0.3 is 5.97 Å². The summed E-state index contributed by atoms with van der Waals surface area (Å²) in [5.74, 6) is 0.397. The second-order valence-corrected chi connectivity index (χ2v) is 8.14. The highest BCUT2D eigenvalue weighted by atomic mass is 35.5. The summed E-state index contributed by atoms with van der Waals surface area (Å²) in [4.78, 5) is 15.0. The summed E-state index contributed by atoms with van der Waals surface area (Å²) in [6.45, 7) is 6.41. The molecule has 140 valence electrons. The Balaban J connectivity index is 0.00000225. The number of ether oxygens (including phenoxy) is 1. The molecule has 0 aromatic heterocycles. The lowest BCUT2D eigenvalue weighted by molar-refractivity contribution is -0.153. The molecule has 1 aromatic carbocycles. The lowest BCUT2D eigenvalue weighted by Gasteiger charge is -2.36. The van der Waals surface area contributed by atoms with Gasteiger partial charge in [0.25, 0.3) is 0 Å². The Morgan fingerprint density at radius 1 is 1.12 bits per heavy atom. The van der Waals surface area contributed by atoms with Crippen molar-refractivity contribution in [3.63, 3.8) is 0 Å². The monoisotopic (exact) mass is 365 g/mol. The van der Waals surface area contributed by atoms with Crippen molar-refractivity contribution in [3.05, 3.63) is 35.4 Å². The summed E-state index contributed by atoms with van der Waals surface area (Å²) in [7, 11) is 2.21. The van der Waals surface area contributed by atoms with Crippen LogP contribution in [0.1, 0.15) is 63.5 Å². The van der Waals surface area contributed by atoms with Crippen molar-refractivity contribution in [3.8, 4) is 0 Å². The van der Waals surface area contributed by atoms with Crippen molar-refractivity contribution in [2.75, 3.05) is 7.05 Å². The fourth-order valence-electron chi connectivity index (χ4n) is 4.27. The molecule has 1 aromatic rings. The SMILES string of the molecule is CC(C)Cc1ccc(C(C)C(=O)OC2C[C@H]3CC[C@@H](C2)N3C)cc1.Cl. The first-order valence-corrected chi connectivity index (χ1v) is 9.45. The third kappa shape index (κ3) is 4.77. The van der Waals surface area contributed by atoms with E-state index in [-0.39, 0.29) is 30.4 Å². The van der Waals surface area contributed by atoms with E-state index < -0.39 is 0 Å². The quantitative estimate of drug-likeness (QED) is 0.715. The van der Waals surface area contributed by atoms with Gasteiger partial charge in [-0.3, -0.25) is 4.79 Å². The van der Waals surface area contributed by atoms with Gasteiger partial charge in [0.05, 0.1) is 5.92 Å². The lowest BCUT2D eigenvalue weighted by Crippen LogP contribution is -2.43. The Bertz CT molecular complexity index is 558. The zero-order valence-electron chi connectivity index (χ0n) is 15.9. The highest BCUT2D eigenvalue weighted by Gasteiger charge is 2.40. The first-order chi connectivity index (χ1) is 11.4. The summed E-state index contributed by atoms with van der Waals surface area (Å²) >= 11 is 0. The van der Waals surface area contributed by atoms with E-state index >= 15 is 0 Å². The molecule has 2 heterocycles. The summed E-state index contributed by atoms with van der Waals surface area (Å²) in [5, 5.41) is 0. The normalized spacial score (nSPS) is 27.0. The van der Waals surface area contributed by atoms with Crippen LogP contribution in [0.3, 0.4) is 0 Å². The van der Waals surface area contributed by atoms with Crippen molar-refractivity contribution in [1.29, 1.82) is 0 Å². The predicted molar refractivity (Wildman–Crippen MR) is 104 cm³/mol. The number of nitrogens with zero attached hydrogens (tertiary/aromatic N) is 1. The van der Waals surface area contributed by atoms with Gasteiger partial charge in [-0.15, -0.1) is 12.4 Å². The second kappa shape index (κ2) is 8.55. The van der Waals surface area contributed by atoms with Crippen LogP contribution in [0, 0.1) is 5.92 Å². The van der Waals surface area contributed by atoms with Crippen LogP contribution in [0.4, 0.5) is 0 Å². The lowest BCUT2D eigenvalue weighted by atomic mass is 9.96. The van der Waals surface area contributed by atoms with Crippen molar-refractivity contribution < 1.29 is 9.53 Å². The molecule has 0 spiro atoms. The molecule has 25 heavy (non-hydrogen) atoms. The van der Waals surface area contributed by atoms with Gasteiger partial charge in [-0.2, -0.15) is 0 Å². The molecule has 2 aliphatic rings. The van der Waals surface area contributed by atoms with E-state index in [1.807, 2.05) is 6.92 Å². The van der Waals surface area contributed by atoms with Crippen LogP contribution in [-0.4, -0.2) is 36.1 Å². The van der Waals surface area contributed by atoms with E-state index in [0.29, 0.717) is 18.0 Å². The molecule has 2 unspecified atom stereocenters. The number of carbonyl (C=O) groups is 1. The standard InChI is InChI=1S/C21H31NO2.ClH/c1-14(2)11-16-5-7-17(8-6-16)15(3)21(23)24-20-12-18-9-10-19(13-20)22(18)4;/h5-8,14-15,18-20H,9-13H2,1-4H3;1H/t15?,18-,19+,20?;. The van der Waals surface area contributed by atoms with Gasteiger partial charge in [0.2, 0.25) is 0 Å². The summed E-state index contributed by atoms with van der Waals surface area (Å²) < 4.78 is 5.87. The number of hydrogen-bond acceptors (Lipinski definition) is 3. The number of rotatable bonds is 5. The van der Waals surface area contributed by atoms with Gasteiger partial charge in [-0.1, -0.05) is 38.1 Å². The molecule has 3 rings (SSSR count). The summed E-state index contributed by atoms with van der Waals surface area (Å²) in [6.07, 6.45) is 5.69. The van der Waals surface area contributed by atoms with Crippen LogP contribution in [0.25, 0.3) is 0 Å². The third-order valence-corrected chi connectivity index (χ3v) is 5.82. The zero-order chi connectivity index (χ0) is 17.3. The largest absolute Gasteiger partial charge is 0.462 e. The zero-order valence-corrected chi connectivity index (χ0v) is 16.7. The van der Waals surface area contributed by atoms with Gasteiger partial charge in [0, 0.05) is 12.1 Å². The maximum atomic E-state index is 12.6. The van der Waals surface area contributed by atoms with E-state index in [1.54, 1.807) is 0 Å². The third-order valence-electron chi connectivity index (χ3n) is 5.82. The highest BCUT2D eigenvalue weighted by Crippen LogP contribution is 2.36. The Hall–Kier alpha value is -1.06. The van der Waals surface area contributed by atoms with Crippen LogP contribution >= 0.6 is 12.4 Å². The van der Waals surface area contributed by atoms with Gasteiger partial charge in [0.15, 0.2) is 0 Å². The molecular weight excluding hydrogens is 334 g/mol. The van der Waals surface area contributed by atoms with Crippen LogP contribution in [0.15, 0.2) is 24.3 Å². The minimum atomic E-state index is -0.185. The molecular formula is C21H32ClNO2. The predicted octanol–water partition coefficient (Wildman–Crippen LogP) is 4.58. The average molecular weight is 366 g/mol. The van der Waals surface area contributed by atoms with Crippen LogP contribution < -0.4 is 0 Å². The van der Waals surface area contributed by atoms with Crippen molar-refractivity contribution >= 4 is 18.4 Å². The Morgan fingerprint density at radius 2 is 1.68 bits per heavy atom. The van der Waals surface area contributed by atoms with E-state index in [0.717, 1.165) is 24.8 Å². The van der Waals surface area contributed by atoms with Gasteiger partial charge < -0.3 is 9.64 Å². The molecule has 0 aliphatic carbocycles. The molecule has 0 N–H and O–H groups in total. The Morgan fingerprint density at radius 3 is 2.20 bits per heavy atom. The van der Waals surface area contributed by atoms with Crippen molar-refractivity contribution in [1.82, 2.24) is 4.90 Å². The van der Waals surface area contributed by atoms with Crippen molar-refractivity contribution in [2.45, 2.75) is 77.0 Å². The highest BCUT2D eigenvalue weighted by molar-refractivity contribution is 5.85. The molecule has 2 aliphatic heterocycles. The molecule has 4 atom stereocenters. The molecule has 4 heteroatoms. The fourth-order valence-corrected chi connectivity index (χ4v) is 4.27. The number of halogens is 1. The van der Waals surface area contributed by atoms with E-state index in [9.17, 15) is 4.79 Å². The number of piperidine rings is 1. The van der Waals surface area contributed by atoms with Crippen LogP contribution in [0.2, 0.25) is 0 Å². The molecule has 0 amide bonds. The van der Waals surface area contributed by atoms with E-state index in [2.05, 4.69) is 50.1 Å². The maximum absolute atomic E-state index is 12.6. The topological polar surface area (TPSA) is 29.5 Å². The van der Waals surface area contributed by atoms with Crippen molar-refractivity contribution in [2.24, 2.45) is 5.92 Å². The number of benzene rings is 1. The Labute approximate surface area is 158 Å². The number of fused-ring (bicyclic) bond motifs is 2. The molecule has 2 fully saturated rings. The van der Waals surface area contributed by atoms with Gasteiger partial charge in [0.1, 0.15) is 6.10 Å². The van der Waals surface area contributed by atoms with E-state index in [4.69, 9.17) is 4.74 Å². The van der Waals surface area contributed by atoms with Crippen LogP contribution in [-0.2, 0) is 16.0 Å². The minimum Gasteiger partial charge on any atom is -0.462 e. The smallest absolute Gasteiger partial charge is 0.313 e. The summed E-state index contributed by atoms with van der Waals surface area (Å²) in [5.41, 5.74) is 2.39. The number of carbonyl (C=O) groups excluding carboxylic acids is 1. The van der Waals surface area contributed by atoms with E-state index in [1.165, 1.54) is 18.4 Å². The molecule has 2 saturated heterocycles. The number of esters is 1. The average Bonchev–Trinajstić information content (AvgIpc) is 2.75.